The second-order valence-electron chi connectivity index (χ2n) is 6.82. The third-order valence-electron chi connectivity index (χ3n) is 4.60. The predicted octanol–water partition coefficient (Wildman–Crippen LogP) is 0.555. The van der Waals surface area contributed by atoms with Gasteiger partial charge < -0.3 is 15.4 Å². The third kappa shape index (κ3) is 3.68. The van der Waals surface area contributed by atoms with Crippen molar-refractivity contribution in [2.45, 2.75) is 58.0 Å². The lowest BCUT2D eigenvalue weighted by Gasteiger charge is -2.36. The summed E-state index contributed by atoms with van der Waals surface area (Å²) >= 11 is 0. The van der Waals surface area contributed by atoms with E-state index in [-0.39, 0.29) is 17.9 Å². The molecule has 0 radical (unpaired) electrons. The fraction of sp³-hybridized carbons (Fsp3) is 0.750. The summed E-state index contributed by atoms with van der Waals surface area (Å²) in [5.41, 5.74) is -0.898. The summed E-state index contributed by atoms with van der Waals surface area (Å²) in [6.45, 7) is 4.61. The van der Waals surface area contributed by atoms with E-state index in [1.807, 2.05) is 6.92 Å². The van der Waals surface area contributed by atoms with Crippen LogP contribution >= 0.6 is 0 Å². The Hall–Kier alpha value is -2.12. The lowest BCUT2D eigenvalue weighted by molar-refractivity contribution is -0.151. The molecule has 1 aliphatic carbocycles. The fourth-order valence-corrected chi connectivity index (χ4v) is 3.32. The second-order valence-corrected chi connectivity index (χ2v) is 6.82. The summed E-state index contributed by atoms with van der Waals surface area (Å²) in [7, 11) is 0. The molecule has 1 aliphatic heterocycles. The van der Waals surface area contributed by atoms with Crippen LogP contribution in [-0.4, -0.2) is 53.4 Å². The van der Waals surface area contributed by atoms with Crippen LogP contribution in [0.2, 0.25) is 0 Å². The molecule has 0 aromatic heterocycles. The number of amides is 4. The van der Waals surface area contributed by atoms with Gasteiger partial charge in [-0.05, 0) is 32.6 Å². The standard InChI is InChI=1S/C16H25N3O5/c1-10(2)17-12(20)9-24-13(21)8-19-14(22)16(18-15(19)23)7-5-4-6-11(16)3/h10-11H,4-9H2,1-3H3,(H,17,20)(H,18,23)/t11-,16+/m0/s1. The van der Waals surface area contributed by atoms with E-state index >= 15 is 0 Å². The van der Waals surface area contributed by atoms with Crippen LogP contribution in [0.5, 0.6) is 0 Å². The molecule has 2 N–H and O–H groups in total. The summed E-state index contributed by atoms with van der Waals surface area (Å²) in [5, 5.41) is 5.35. The van der Waals surface area contributed by atoms with Crippen LogP contribution in [0.4, 0.5) is 4.79 Å². The minimum atomic E-state index is -0.898. The predicted molar refractivity (Wildman–Crippen MR) is 84.8 cm³/mol. The zero-order valence-electron chi connectivity index (χ0n) is 14.4. The number of urea groups is 1. The highest BCUT2D eigenvalue weighted by atomic mass is 16.5. The van der Waals surface area contributed by atoms with Crippen LogP contribution in [0.1, 0.15) is 46.5 Å². The van der Waals surface area contributed by atoms with Gasteiger partial charge in [0.25, 0.3) is 11.8 Å². The number of nitrogens with zero attached hydrogens (tertiary/aromatic N) is 1. The van der Waals surface area contributed by atoms with Gasteiger partial charge in [-0.1, -0.05) is 19.8 Å². The van der Waals surface area contributed by atoms with Gasteiger partial charge in [0.2, 0.25) is 0 Å². The molecule has 1 spiro atoms. The maximum Gasteiger partial charge on any atom is 0.326 e. The third-order valence-corrected chi connectivity index (χ3v) is 4.60. The van der Waals surface area contributed by atoms with Gasteiger partial charge in [0.1, 0.15) is 12.1 Å². The van der Waals surface area contributed by atoms with Gasteiger partial charge in [-0.2, -0.15) is 0 Å². The molecule has 1 saturated heterocycles. The van der Waals surface area contributed by atoms with E-state index in [1.54, 1.807) is 13.8 Å². The molecule has 1 heterocycles. The number of carbonyl (C=O) groups is 4. The number of imide groups is 1. The first-order chi connectivity index (χ1) is 11.3. The first-order valence-corrected chi connectivity index (χ1v) is 8.35. The van der Waals surface area contributed by atoms with Gasteiger partial charge in [-0.15, -0.1) is 0 Å². The van der Waals surface area contributed by atoms with E-state index in [0.29, 0.717) is 6.42 Å². The van der Waals surface area contributed by atoms with Crippen molar-refractivity contribution >= 4 is 23.8 Å². The molecular weight excluding hydrogens is 314 g/mol. The average molecular weight is 339 g/mol. The minimum absolute atomic E-state index is 0.0283. The second kappa shape index (κ2) is 7.19. The molecule has 0 unspecified atom stereocenters. The van der Waals surface area contributed by atoms with Gasteiger partial charge in [-0.3, -0.25) is 19.3 Å². The molecule has 134 valence electrons. The van der Waals surface area contributed by atoms with Crippen LogP contribution in [0.3, 0.4) is 0 Å². The number of hydrogen-bond donors (Lipinski definition) is 2. The first kappa shape index (κ1) is 18.2. The number of carbonyl (C=O) groups excluding carboxylic acids is 4. The summed E-state index contributed by atoms with van der Waals surface area (Å²) in [4.78, 5) is 49.0. The molecule has 1 saturated carbocycles. The summed E-state index contributed by atoms with van der Waals surface area (Å²) in [6, 6.07) is -0.632. The fourth-order valence-electron chi connectivity index (χ4n) is 3.32. The maximum absolute atomic E-state index is 12.7. The molecule has 2 aliphatic rings. The Morgan fingerprint density at radius 2 is 2.08 bits per heavy atom. The van der Waals surface area contributed by atoms with Gasteiger partial charge in [0, 0.05) is 6.04 Å². The van der Waals surface area contributed by atoms with Crippen molar-refractivity contribution in [3.8, 4) is 0 Å². The van der Waals surface area contributed by atoms with E-state index < -0.39 is 36.6 Å². The van der Waals surface area contributed by atoms with E-state index in [2.05, 4.69) is 10.6 Å². The molecule has 8 heteroatoms. The Morgan fingerprint density at radius 3 is 2.71 bits per heavy atom. The van der Waals surface area contributed by atoms with Crippen LogP contribution in [0.15, 0.2) is 0 Å². The van der Waals surface area contributed by atoms with Crippen LogP contribution < -0.4 is 10.6 Å². The largest absolute Gasteiger partial charge is 0.454 e. The summed E-state index contributed by atoms with van der Waals surface area (Å²) in [6.07, 6.45) is 3.34. The van der Waals surface area contributed by atoms with E-state index in [1.165, 1.54) is 0 Å². The summed E-state index contributed by atoms with van der Waals surface area (Å²) in [5.74, 6) is -1.55. The summed E-state index contributed by atoms with van der Waals surface area (Å²) < 4.78 is 4.84. The van der Waals surface area contributed by atoms with E-state index in [0.717, 1.165) is 24.2 Å². The van der Waals surface area contributed by atoms with Crippen molar-refractivity contribution in [3.05, 3.63) is 0 Å². The molecular formula is C16H25N3O5. The SMILES string of the molecule is CC(C)NC(=O)COC(=O)CN1C(=O)N[C@@]2(CCCC[C@@H]2C)C1=O. The molecule has 2 atom stereocenters. The van der Waals surface area contributed by atoms with E-state index in [4.69, 9.17) is 4.74 Å². The monoisotopic (exact) mass is 339 g/mol. The Balaban J connectivity index is 1.92. The molecule has 4 amide bonds. The van der Waals surface area contributed by atoms with Crippen LogP contribution in [0.25, 0.3) is 0 Å². The van der Waals surface area contributed by atoms with Gasteiger partial charge in [-0.25, -0.2) is 4.79 Å². The highest BCUT2D eigenvalue weighted by molar-refractivity contribution is 6.09. The van der Waals surface area contributed by atoms with Crippen molar-refractivity contribution in [1.29, 1.82) is 0 Å². The molecule has 0 bridgehead atoms. The van der Waals surface area contributed by atoms with Gasteiger partial charge >= 0.3 is 12.0 Å². The Morgan fingerprint density at radius 1 is 1.38 bits per heavy atom. The number of ether oxygens (including phenoxy) is 1. The molecule has 0 aromatic rings. The van der Waals surface area contributed by atoms with Crippen molar-refractivity contribution in [1.82, 2.24) is 15.5 Å². The zero-order chi connectivity index (χ0) is 17.9. The number of rotatable bonds is 5. The highest BCUT2D eigenvalue weighted by Gasteiger charge is 2.55. The Labute approximate surface area is 141 Å². The average Bonchev–Trinajstić information content (AvgIpc) is 2.73. The number of nitrogens with one attached hydrogen (secondary N) is 2. The molecule has 24 heavy (non-hydrogen) atoms. The first-order valence-electron chi connectivity index (χ1n) is 8.35. The molecule has 8 nitrogen and oxygen atoms in total. The smallest absolute Gasteiger partial charge is 0.326 e. The lowest BCUT2D eigenvalue weighted by Crippen LogP contribution is -2.54. The molecule has 0 aromatic carbocycles. The van der Waals surface area contributed by atoms with Crippen molar-refractivity contribution in [2.75, 3.05) is 13.2 Å². The highest BCUT2D eigenvalue weighted by Crippen LogP contribution is 2.38. The van der Waals surface area contributed by atoms with Gasteiger partial charge in [0.05, 0.1) is 0 Å². The number of hydrogen-bond acceptors (Lipinski definition) is 5. The quantitative estimate of drug-likeness (QED) is 0.562. The molecule has 2 rings (SSSR count). The Bertz CT molecular complexity index is 548. The number of esters is 1. The van der Waals surface area contributed by atoms with Crippen molar-refractivity contribution in [2.24, 2.45) is 5.92 Å². The minimum Gasteiger partial charge on any atom is -0.454 e. The van der Waals surface area contributed by atoms with E-state index in [9.17, 15) is 19.2 Å². The van der Waals surface area contributed by atoms with Crippen molar-refractivity contribution < 1.29 is 23.9 Å². The normalized spacial score (nSPS) is 26.7. The Kier molecular flexibility index (Phi) is 5.46. The lowest BCUT2D eigenvalue weighted by atomic mass is 9.73. The van der Waals surface area contributed by atoms with Crippen LogP contribution in [0, 0.1) is 5.92 Å². The van der Waals surface area contributed by atoms with Crippen LogP contribution in [-0.2, 0) is 19.1 Å². The van der Waals surface area contributed by atoms with Gasteiger partial charge in [0.15, 0.2) is 6.61 Å². The molecule has 2 fully saturated rings. The van der Waals surface area contributed by atoms with Crippen molar-refractivity contribution in [3.63, 3.8) is 0 Å². The topological polar surface area (TPSA) is 105 Å². The maximum atomic E-state index is 12.7. The zero-order valence-corrected chi connectivity index (χ0v) is 14.4.